The Kier molecular flexibility index (Phi) is 7.76. The topological polar surface area (TPSA) is 118 Å². The number of carbonyl (C=O) groups is 2. The summed E-state index contributed by atoms with van der Waals surface area (Å²) in [6.45, 7) is 2.24. The molecule has 0 spiro atoms. The maximum Gasteiger partial charge on any atom is 0.272 e. The molecule has 7 heteroatoms. The van der Waals surface area contributed by atoms with Crippen molar-refractivity contribution >= 4 is 22.8 Å². The van der Waals surface area contributed by atoms with Crippen LogP contribution in [0, 0.1) is 11.8 Å². The highest BCUT2D eigenvalue weighted by atomic mass is 16.3. The van der Waals surface area contributed by atoms with Crippen LogP contribution in [0.25, 0.3) is 11.0 Å². The predicted octanol–water partition coefficient (Wildman–Crippen LogP) is 3.79. The van der Waals surface area contributed by atoms with Crippen molar-refractivity contribution in [2.24, 2.45) is 17.6 Å². The van der Waals surface area contributed by atoms with Gasteiger partial charge in [-0.15, -0.1) is 0 Å². The van der Waals surface area contributed by atoms with E-state index in [4.69, 9.17) is 5.73 Å². The third kappa shape index (κ3) is 5.85. The Balaban J connectivity index is 1.73. The van der Waals surface area contributed by atoms with E-state index in [9.17, 15) is 14.7 Å². The van der Waals surface area contributed by atoms with Crippen LogP contribution in [0.3, 0.4) is 0 Å². The van der Waals surface area contributed by atoms with Gasteiger partial charge in [0.1, 0.15) is 5.69 Å². The maximum absolute atomic E-state index is 13.6. The van der Waals surface area contributed by atoms with Crippen LogP contribution in [-0.2, 0) is 11.2 Å². The number of aromatic nitrogens is 2. The van der Waals surface area contributed by atoms with E-state index >= 15 is 0 Å². The minimum Gasteiger partial charge on any atom is -0.391 e. The molecule has 1 fully saturated rings. The van der Waals surface area contributed by atoms with Crippen LogP contribution in [0.4, 0.5) is 0 Å². The number of aliphatic hydroxyl groups is 1. The molecule has 0 bridgehead atoms. The summed E-state index contributed by atoms with van der Waals surface area (Å²) in [4.78, 5) is 34.1. The Morgan fingerprint density at radius 1 is 1.06 bits per heavy atom. The van der Waals surface area contributed by atoms with Gasteiger partial charge in [-0.05, 0) is 55.2 Å². The fourth-order valence-corrected chi connectivity index (χ4v) is 5.35. The second-order valence-corrected chi connectivity index (χ2v) is 9.88. The van der Waals surface area contributed by atoms with Crippen molar-refractivity contribution in [1.29, 1.82) is 0 Å². The molecule has 4 rings (SSSR count). The molecule has 35 heavy (non-hydrogen) atoms. The van der Waals surface area contributed by atoms with Crippen molar-refractivity contribution < 1.29 is 14.7 Å². The fraction of sp³-hybridized carbons (Fsp3) is 0.429. The van der Waals surface area contributed by atoms with E-state index in [0.29, 0.717) is 23.4 Å². The fourth-order valence-electron chi connectivity index (χ4n) is 5.35. The molecule has 4 N–H and O–H groups in total. The number of nitrogens with two attached hydrogens (primary N) is 1. The molecule has 1 aliphatic rings. The number of benzene rings is 2. The molecule has 1 saturated carbocycles. The number of nitrogens with zero attached hydrogens (tertiary/aromatic N) is 2. The van der Waals surface area contributed by atoms with Crippen molar-refractivity contribution in [3.05, 3.63) is 72.1 Å². The summed E-state index contributed by atoms with van der Waals surface area (Å²) in [5.41, 5.74) is 7.01. The number of fused-ring (bicyclic) bond motifs is 1. The van der Waals surface area contributed by atoms with Gasteiger partial charge in [0.05, 0.1) is 28.9 Å². The Morgan fingerprint density at radius 2 is 1.71 bits per heavy atom. The van der Waals surface area contributed by atoms with E-state index in [0.717, 1.165) is 31.2 Å². The lowest BCUT2D eigenvalue weighted by atomic mass is 9.66. The van der Waals surface area contributed by atoms with Gasteiger partial charge in [-0.3, -0.25) is 14.6 Å². The Bertz CT molecular complexity index is 1160. The summed E-state index contributed by atoms with van der Waals surface area (Å²) in [6.07, 6.45) is 5.00. The largest absolute Gasteiger partial charge is 0.391 e. The highest BCUT2D eigenvalue weighted by Gasteiger charge is 2.47. The molecule has 1 heterocycles. The molecular formula is C28H34N4O3. The number of hydrogen-bond donors (Lipinski definition) is 3. The van der Waals surface area contributed by atoms with Gasteiger partial charge >= 0.3 is 0 Å². The van der Waals surface area contributed by atoms with Crippen LogP contribution < -0.4 is 11.1 Å². The molecule has 2 amide bonds. The van der Waals surface area contributed by atoms with Crippen molar-refractivity contribution in [3.8, 4) is 0 Å². The zero-order valence-corrected chi connectivity index (χ0v) is 20.2. The van der Waals surface area contributed by atoms with Gasteiger partial charge in [-0.1, -0.05) is 62.2 Å². The quantitative estimate of drug-likeness (QED) is 0.436. The SMILES string of the molecule is CC1CCC([C@](Cc2ccccc2)(NC(=O)c2cnc3ccccc3n2)[C@@H](O)CCC(N)=O)CC1. The Morgan fingerprint density at radius 3 is 2.40 bits per heavy atom. The number of para-hydroxylation sites is 2. The summed E-state index contributed by atoms with van der Waals surface area (Å²) in [6, 6.07) is 17.3. The van der Waals surface area contributed by atoms with E-state index < -0.39 is 17.6 Å². The molecule has 0 aliphatic heterocycles. The van der Waals surface area contributed by atoms with Crippen LogP contribution in [0.5, 0.6) is 0 Å². The third-order valence-corrected chi connectivity index (χ3v) is 7.37. The summed E-state index contributed by atoms with van der Waals surface area (Å²) in [7, 11) is 0. The molecule has 3 aromatic rings. The Hall–Kier alpha value is -3.32. The zero-order valence-electron chi connectivity index (χ0n) is 20.2. The molecule has 184 valence electrons. The lowest BCUT2D eigenvalue weighted by molar-refractivity contribution is -0.119. The maximum atomic E-state index is 13.6. The van der Waals surface area contributed by atoms with Gasteiger partial charge in [0, 0.05) is 6.42 Å². The monoisotopic (exact) mass is 474 g/mol. The summed E-state index contributed by atoms with van der Waals surface area (Å²) in [5.74, 6) is -0.206. The third-order valence-electron chi connectivity index (χ3n) is 7.37. The number of nitrogens with one attached hydrogen (secondary N) is 1. The molecular weight excluding hydrogens is 440 g/mol. The predicted molar refractivity (Wildman–Crippen MR) is 135 cm³/mol. The summed E-state index contributed by atoms with van der Waals surface area (Å²) < 4.78 is 0. The first-order valence-corrected chi connectivity index (χ1v) is 12.4. The first-order chi connectivity index (χ1) is 16.9. The normalized spacial score (nSPS) is 20.6. The highest BCUT2D eigenvalue weighted by Crippen LogP contribution is 2.40. The van der Waals surface area contributed by atoms with Gasteiger partial charge in [-0.25, -0.2) is 4.98 Å². The number of hydrogen-bond acceptors (Lipinski definition) is 5. The van der Waals surface area contributed by atoms with E-state index in [1.807, 2.05) is 54.6 Å². The summed E-state index contributed by atoms with van der Waals surface area (Å²) >= 11 is 0. The van der Waals surface area contributed by atoms with Crippen LogP contribution in [0.15, 0.2) is 60.8 Å². The van der Waals surface area contributed by atoms with Crippen LogP contribution in [-0.4, -0.2) is 38.5 Å². The first kappa shape index (κ1) is 24.8. The molecule has 0 unspecified atom stereocenters. The molecule has 1 aliphatic carbocycles. The minimum atomic E-state index is -0.971. The molecule has 7 nitrogen and oxygen atoms in total. The van der Waals surface area contributed by atoms with Gasteiger partial charge < -0.3 is 16.2 Å². The average molecular weight is 475 g/mol. The molecule has 2 aromatic carbocycles. The number of carbonyl (C=O) groups excluding carboxylic acids is 2. The van der Waals surface area contributed by atoms with E-state index in [1.54, 1.807) is 0 Å². The molecule has 0 radical (unpaired) electrons. The van der Waals surface area contributed by atoms with Crippen molar-refractivity contribution in [2.75, 3.05) is 0 Å². The van der Waals surface area contributed by atoms with Gasteiger partial charge in [0.2, 0.25) is 5.91 Å². The average Bonchev–Trinajstić information content (AvgIpc) is 2.87. The van der Waals surface area contributed by atoms with E-state index in [2.05, 4.69) is 22.2 Å². The van der Waals surface area contributed by atoms with Crippen LogP contribution >= 0.6 is 0 Å². The molecule has 2 atom stereocenters. The molecule has 0 saturated heterocycles. The second kappa shape index (κ2) is 11.0. The molecule has 1 aromatic heterocycles. The Labute approximate surface area is 206 Å². The van der Waals surface area contributed by atoms with Gasteiger partial charge in [-0.2, -0.15) is 0 Å². The van der Waals surface area contributed by atoms with Crippen molar-refractivity contribution in [1.82, 2.24) is 15.3 Å². The van der Waals surface area contributed by atoms with E-state index in [1.165, 1.54) is 6.20 Å². The number of primary amides is 1. The number of amides is 2. The van der Waals surface area contributed by atoms with Gasteiger partial charge in [0.25, 0.3) is 5.91 Å². The van der Waals surface area contributed by atoms with Crippen LogP contribution in [0.1, 0.15) is 61.5 Å². The summed E-state index contributed by atoms with van der Waals surface area (Å²) in [5, 5.41) is 14.8. The van der Waals surface area contributed by atoms with E-state index in [-0.39, 0.29) is 30.4 Å². The van der Waals surface area contributed by atoms with Crippen LogP contribution in [0.2, 0.25) is 0 Å². The van der Waals surface area contributed by atoms with Crippen molar-refractivity contribution in [2.45, 2.75) is 63.5 Å². The number of rotatable bonds is 9. The van der Waals surface area contributed by atoms with Gasteiger partial charge in [0.15, 0.2) is 0 Å². The zero-order chi connectivity index (χ0) is 24.8. The smallest absolute Gasteiger partial charge is 0.272 e. The lowest BCUT2D eigenvalue weighted by Gasteiger charge is -2.47. The highest BCUT2D eigenvalue weighted by molar-refractivity contribution is 5.94. The minimum absolute atomic E-state index is 0.0409. The van der Waals surface area contributed by atoms with Crippen molar-refractivity contribution in [3.63, 3.8) is 0 Å². The lowest BCUT2D eigenvalue weighted by Crippen LogP contribution is -2.63. The second-order valence-electron chi connectivity index (χ2n) is 9.88. The first-order valence-electron chi connectivity index (χ1n) is 12.4. The standard InChI is InChI=1S/C28H34N4O3/c1-19-11-13-21(14-12-19)28(25(33)15-16-26(29)34,17-20-7-3-2-4-8-20)32-27(35)24-18-30-22-9-5-6-10-23(22)31-24/h2-10,18-19,21,25,33H,11-17H2,1H3,(H2,29,34)(H,32,35)/t19?,21?,25-,28-/m0/s1. The number of aliphatic hydroxyl groups excluding tert-OH is 1.